The van der Waals surface area contributed by atoms with Crippen molar-refractivity contribution in [3.05, 3.63) is 71.0 Å². The first-order chi connectivity index (χ1) is 15.0. The third-order valence-electron chi connectivity index (χ3n) is 5.92. The van der Waals surface area contributed by atoms with Crippen LogP contribution in [-0.2, 0) is 0 Å². The first kappa shape index (κ1) is 19.5. The quantitative estimate of drug-likeness (QED) is 0.636. The Morgan fingerprint density at radius 2 is 2.13 bits per heavy atom. The van der Waals surface area contributed by atoms with Crippen molar-refractivity contribution in [1.29, 1.82) is 0 Å². The van der Waals surface area contributed by atoms with Gasteiger partial charge in [-0.25, -0.2) is 9.37 Å². The second-order valence-electron chi connectivity index (χ2n) is 8.07. The van der Waals surface area contributed by atoms with E-state index in [-0.39, 0.29) is 35.3 Å². The number of pyridine rings is 1. The van der Waals surface area contributed by atoms with Crippen LogP contribution >= 0.6 is 0 Å². The lowest BCUT2D eigenvalue weighted by atomic mass is 9.85. The number of halogens is 1. The van der Waals surface area contributed by atoms with Crippen LogP contribution < -0.4 is 9.47 Å². The van der Waals surface area contributed by atoms with Gasteiger partial charge in [0.25, 0.3) is 5.91 Å². The van der Waals surface area contributed by atoms with Crippen LogP contribution in [0.5, 0.6) is 11.6 Å². The molecule has 0 saturated carbocycles. The van der Waals surface area contributed by atoms with E-state index in [9.17, 15) is 9.18 Å². The zero-order chi connectivity index (χ0) is 21.5. The highest BCUT2D eigenvalue weighted by Crippen LogP contribution is 2.48. The Hall–Kier alpha value is -3.42. The third-order valence-corrected chi connectivity index (χ3v) is 5.92. The van der Waals surface area contributed by atoms with E-state index in [4.69, 9.17) is 14.0 Å². The van der Waals surface area contributed by atoms with Gasteiger partial charge in [0.1, 0.15) is 17.3 Å². The molecule has 7 nitrogen and oxygen atoms in total. The van der Waals surface area contributed by atoms with E-state index in [0.717, 1.165) is 5.69 Å². The number of benzene rings is 1. The van der Waals surface area contributed by atoms with Gasteiger partial charge in [0.2, 0.25) is 5.88 Å². The molecule has 0 radical (unpaired) electrons. The summed E-state index contributed by atoms with van der Waals surface area (Å²) in [5, 5.41) is 3.89. The fourth-order valence-corrected chi connectivity index (χ4v) is 4.47. The average Bonchev–Trinajstić information content (AvgIpc) is 3.35. The van der Waals surface area contributed by atoms with Gasteiger partial charge < -0.3 is 18.9 Å². The smallest absolute Gasteiger partial charge is 0.276 e. The molecule has 0 bridgehead atoms. The van der Waals surface area contributed by atoms with E-state index in [0.29, 0.717) is 42.7 Å². The van der Waals surface area contributed by atoms with Crippen molar-refractivity contribution in [2.75, 3.05) is 19.8 Å². The Morgan fingerprint density at radius 1 is 1.26 bits per heavy atom. The molecule has 1 fully saturated rings. The van der Waals surface area contributed by atoms with Gasteiger partial charge in [-0.05, 0) is 38.1 Å². The molecule has 2 aliphatic rings. The maximum absolute atomic E-state index is 14.1. The van der Waals surface area contributed by atoms with Crippen LogP contribution in [0.2, 0.25) is 0 Å². The molecule has 0 N–H and O–H groups in total. The second-order valence-corrected chi connectivity index (χ2v) is 8.07. The van der Waals surface area contributed by atoms with Crippen molar-refractivity contribution in [2.24, 2.45) is 11.8 Å². The number of carbonyl (C=O) groups excluding carboxylic acids is 1. The molecule has 5 rings (SSSR count). The van der Waals surface area contributed by atoms with Crippen LogP contribution in [0.4, 0.5) is 4.39 Å². The van der Waals surface area contributed by atoms with Crippen molar-refractivity contribution in [3.63, 3.8) is 0 Å². The highest BCUT2D eigenvalue weighted by Gasteiger charge is 2.49. The number of carbonyl (C=O) groups is 1. The predicted octanol–water partition coefficient (Wildman–Crippen LogP) is 3.73. The summed E-state index contributed by atoms with van der Waals surface area (Å²) in [4.78, 5) is 19.4. The number of nitrogens with zero attached hydrogens (tertiary/aromatic N) is 3. The fraction of sp³-hybridized carbons (Fsp3) is 0.348. The van der Waals surface area contributed by atoms with Gasteiger partial charge in [-0.15, -0.1) is 0 Å². The van der Waals surface area contributed by atoms with Gasteiger partial charge in [-0.1, -0.05) is 11.2 Å². The monoisotopic (exact) mass is 423 g/mol. The van der Waals surface area contributed by atoms with Crippen molar-refractivity contribution in [1.82, 2.24) is 15.0 Å². The van der Waals surface area contributed by atoms with Gasteiger partial charge in [0.15, 0.2) is 5.69 Å². The summed E-state index contributed by atoms with van der Waals surface area (Å²) in [7, 11) is 0. The third kappa shape index (κ3) is 3.62. The van der Waals surface area contributed by atoms with Gasteiger partial charge >= 0.3 is 0 Å². The second kappa shape index (κ2) is 7.68. The molecule has 160 valence electrons. The predicted molar refractivity (Wildman–Crippen MR) is 108 cm³/mol. The lowest BCUT2D eigenvalue weighted by Gasteiger charge is -2.34. The molecule has 1 amide bonds. The van der Waals surface area contributed by atoms with Crippen molar-refractivity contribution < 1.29 is 23.2 Å². The van der Waals surface area contributed by atoms with Crippen LogP contribution in [0.1, 0.15) is 33.5 Å². The van der Waals surface area contributed by atoms with Crippen LogP contribution in [0, 0.1) is 31.5 Å². The van der Waals surface area contributed by atoms with Crippen LogP contribution in [0.3, 0.4) is 0 Å². The number of fused-ring (bicyclic) bond motifs is 3. The number of aryl methyl sites for hydroxylation is 2. The largest absolute Gasteiger partial charge is 0.493 e. The average molecular weight is 423 g/mol. The number of likely N-dealkylation sites (tertiary alicyclic amines) is 1. The minimum Gasteiger partial charge on any atom is -0.493 e. The van der Waals surface area contributed by atoms with Crippen LogP contribution in [0.25, 0.3) is 0 Å². The van der Waals surface area contributed by atoms with Crippen LogP contribution in [-0.4, -0.2) is 40.7 Å². The van der Waals surface area contributed by atoms with E-state index in [1.807, 2.05) is 25.1 Å². The van der Waals surface area contributed by atoms with E-state index >= 15 is 0 Å². The normalized spacial score (nSPS) is 21.9. The van der Waals surface area contributed by atoms with Gasteiger partial charge in [-0.3, -0.25) is 4.79 Å². The SMILES string of the molecule is Cc1cccc(OC[C@@H]2CN(C(=O)c3cc(C)on3)[C@H]3c4cc(F)ccc4OC[C@@H]23)n1. The molecule has 0 unspecified atom stereocenters. The maximum Gasteiger partial charge on any atom is 0.276 e. The molecular formula is C23H22FN3O4. The number of aromatic nitrogens is 2. The number of amides is 1. The number of hydrogen-bond donors (Lipinski definition) is 0. The molecule has 3 aromatic rings. The van der Waals surface area contributed by atoms with Gasteiger partial charge in [0, 0.05) is 41.8 Å². The fourth-order valence-electron chi connectivity index (χ4n) is 4.47. The molecule has 0 aliphatic carbocycles. The standard InChI is InChI=1S/C23H22FN3O4/c1-13-4-3-5-21(25-13)30-11-15-10-27(23(28)19-8-14(2)31-26-19)22-17-9-16(24)6-7-20(17)29-12-18(15)22/h3-9,15,18,22H,10-12H2,1-2H3/t15-,18-,22-/m0/s1. The molecule has 3 atom stereocenters. The summed E-state index contributed by atoms with van der Waals surface area (Å²) < 4.78 is 31.1. The molecule has 0 spiro atoms. The minimum absolute atomic E-state index is 0.0133. The molecular weight excluding hydrogens is 401 g/mol. The molecule has 1 aromatic carbocycles. The Bertz CT molecular complexity index is 1130. The Kier molecular flexibility index (Phi) is 4.84. The van der Waals surface area contributed by atoms with E-state index in [1.54, 1.807) is 24.0 Å². The summed E-state index contributed by atoms with van der Waals surface area (Å²) in [5.41, 5.74) is 1.77. The molecule has 1 saturated heterocycles. The summed E-state index contributed by atoms with van der Waals surface area (Å²) in [6, 6.07) is 11.3. The summed E-state index contributed by atoms with van der Waals surface area (Å²) in [6.07, 6.45) is 0. The Balaban J connectivity index is 1.46. The summed E-state index contributed by atoms with van der Waals surface area (Å²) in [5.74, 6) is 1.02. The van der Waals surface area contributed by atoms with E-state index in [2.05, 4.69) is 10.1 Å². The Morgan fingerprint density at radius 3 is 2.90 bits per heavy atom. The molecule has 8 heteroatoms. The lowest BCUT2D eigenvalue weighted by molar-refractivity contribution is 0.0664. The number of hydrogen-bond acceptors (Lipinski definition) is 6. The molecule has 2 aromatic heterocycles. The first-order valence-electron chi connectivity index (χ1n) is 10.2. The van der Waals surface area contributed by atoms with E-state index < -0.39 is 0 Å². The zero-order valence-electron chi connectivity index (χ0n) is 17.2. The van der Waals surface area contributed by atoms with Crippen molar-refractivity contribution in [3.8, 4) is 11.6 Å². The number of ether oxygens (including phenoxy) is 2. The Labute approximate surface area is 178 Å². The minimum atomic E-state index is -0.364. The van der Waals surface area contributed by atoms with Crippen molar-refractivity contribution >= 4 is 5.91 Å². The van der Waals surface area contributed by atoms with Crippen molar-refractivity contribution in [2.45, 2.75) is 19.9 Å². The topological polar surface area (TPSA) is 77.7 Å². The van der Waals surface area contributed by atoms with E-state index in [1.165, 1.54) is 12.1 Å². The highest BCUT2D eigenvalue weighted by molar-refractivity contribution is 5.93. The number of rotatable bonds is 4. The molecule has 4 heterocycles. The molecule has 2 aliphatic heterocycles. The summed E-state index contributed by atoms with van der Waals surface area (Å²) in [6.45, 7) is 4.86. The molecule has 31 heavy (non-hydrogen) atoms. The highest BCUT2D eigenvalue weighted by atomic mass is 19.1. The van der Waals surface area contributed by atoms with Gasteiger partial charge in [0.05, 0.1) is 19.3 Å². The first-order valence-corrected chi connectivity index (χ1v) is 10.2. The summed E-state index contributed by atoms with van der Waals surface area (Å²) >= 11 is 0. The van der Waals surface area contributed by atoms with Gasteiger partial charge in [-0.2, -0.15) is 0 Å². The lowest BCUT2D eigenvalue weighted by Crippen LogP contribution is -2.35. The maximum atomic E-state index is 14.1. The zero-order valence-corrected chi connectivity index (χ0v) is 17.2. The van der Waals surface area contributed by atoms with Crippen LogP contribution in [0.15, 0.2) is 47.0 Å².